The molecule has 3 aliphatic rings. The molecule has 0 aliphatic carbocycles. The van der Waals surface area contributed by atoms with Crippen LogP contribution in [0.4, 0.5) is 4.39 Å². The lowest BCUT2D eigenvalue weighted by atomic mass is 9.97. The molecule has 3 fully saturated rings. The SMILES string of the molecule is CC(=O)OC[C@H]1O[C@@H](O[C@H]2[C@H](F)[C@H](OC(=O)c3ccccc3)[C@@H]3OC[C@H]2O3)[C@H](OC(C)=O)[C@@H](OC(C)=O)[C@H]1OC(C)=O. The minimum atomic E-state index is -2.02. The van der Waals surface area contributed by atoms with Crippen LogP contribution in [-0.2, 0) is 61.8 Å². The van der Waals surface area contributed by atoms with Crippen molar-refractivity contribution in [1.29, 1.82) is 0 Å². The first-order chi connectivity index (χ1) is 19.9. The lowest BCUT2D eigenvalue weighted by Gasteiger charge is -2.46. The van der Waals surface area contributed by atoms with Crippen LogP contribution in [0.15, 0.2) is 30.3 Å². The van der Waals surface area contributed by atoms with Crippen molar-refractivity contribution in [2.75, 3.05) is 13.2 Å². The van der Waals surface area contributed by atoms with Crippen LogP contribution >= 0.6 is 0 Å². The molecule has 42 heavy (non-hydrogen) atoms. The van der Waals surface area contributed by atoms with Crippen LogP contribution in [0.2, 0.25) is 0 Å². The summed E-state index contributed by atoms with van der Waals surface area (Å²) in [6.45, 7) is 3.70. The highest BCUT2D eigenvalue weighted by Crippen LogP contribution is 2.37. The molecule has 2 bridgehead atoms. The molecule has 4 rings (SSSR count). The van der Waals surface area contributed by atoms with Gasteiger partial charge in [0.2, 0.25) is 0 Å². The number of esters is 5. The van der Waals surface area contributed by atoms with Gasteiger partial charge < -0.3 is 42.6 Å². The molecule has 0 aromatic heterocycles. The van der Waals surface area contributed by atoms with E-state index in [-0.39, 0.29) is 12.2 Å². The van der Waals surface area contributed by atoms with Crippen LogP contribution in [0.1, 0.15) is 38.1 Å². The van der Waals surface area contributed by atoms with Gasteiger partial charge in [-0.3, -0.25) is 19.2 Å². The maximum absolute atomic E-state index is 16.0. The van der Waals surface area contributed by atoms with E-state index in [9.17, 15) is 24.0 Å². The van der Waals surface area contributed by atoms with E-state index in [1.807, 2.05) is 0 Å². The average Bonchev–Trinajstić information content (AvgIpc) is 3.36. The topological polar surface area (TPSA) is 168 Å². The molecule has 0 N–H and O–H groups in total. The monoisotopic (exact) mass is 598 g/mol. The normalized spacial score (nSPS) is 33.6. The Bertz CT molecular complexity index is 1160. The first-order valence-corrected chi connectivity index (χ1v) is 13.1. The lowest BCUT2D eigenvalue weighted by Crippen LogP contribution is -2.65. The number of carbonyl (C=O) groups is 5. The van der Waals surface area contributed by atoms with E-state index >= 15 is 4.39 Å². The van der Waals surface area contributed by atoms with Crippen molar-refractivity contribution >= 4 is 29.8 Å². The van der Waals surface area contributed by atoms with E-state index in [1.165, 1.54) is 12.1 Å². The Hall–Kier alpha value is -3.66. The molecule has 0 unspecified atom stereocenters. The number of hydrogen-bond acceptors (Lipinski definition) is 14. The van der Waals surface area contributed by atoms with E-state index in [2.05, 4.69) is 0 Å². The van der Waals surface area contributed by atoms with Gasteiger partial charge in [-0.05, 0) is 12.1 Å². The van der Waals surface area contributed by atoms with Crippen LogP contribution < -0.4 is 0 Å². The van der Waals surface area contributed by atoms with Crippen molar-refractivity contribution in [2.45, 2.75) is 89.2 Å². The molecule has 0 radical (unpaired) electrons. The molecule has 0 spiro atoms. The lowest BCUT2D eigenvalue weighted by molar-refractivity contribution is -0.335. The summed E-state index contributed by atoms with van der Waals surface area (Å²) < 4.78 is 65.6. The summed E-state index contributed by atoms with van der Waals surface area (Å²) in [5.41, 5.74) is 0.168. The Morgan fingerprint density at radius 1 is 0.762 bits per heavy atom. The molecule has 1 aromatic carbocycles. The molecule has 14 nitrogen and oxygen atoms in total. The van der Waals surface area contributed by atoms with Gasteiger partial charge in [-0.2, -0.15) is 0 Å². The zero-order valence-corrected chi connectivity index (χ0v) is 23.2. The number of halogens is 1. The minimum absolute atomic E-state index is 0.138. The molecule has 1 aromatic rings. The number of fused-ring (bicyclic) bond motifs is 2. The van der Waals surface area contributed by atoms with Gasteiger partial charge in [0.05, 0.1) is 12.2 Å². The van der Waals surface area contributed by atoms with Gasteiger partial charge in [0, 0.05) is 27.7 Å². The molecule has 3 heterocycles. The predicted molar refractivity (Wildman–Crippen MR) is 132 cm³/mol. The summed E-state index contributed by atoms with van der Waals surface area (Å²) in [4.78, 5) is 60.3. The maximum atomic E-state index is 16.0. The van der Waals surface area contributed by atoms with Crippen molar-refractivity contribution in [2.24, 2.45) is 0 Å². The third-order valence-corrected chi connectivity index (χ3v) is 6.49. The highest BCUT2D eigenvalue weighted by Gasteiger charge is 2.58. The summed E-state index contributed by atoms with van der Waals surface area (Å²) >= 11 is 0. The molecule has 0 saturated carbocycles. The van der Waals surface area contributed by atoms with Gasteiger partial charge in [0.1, 0.15) is 24.9 Å². The van der Waals surface area contributed by atoms with Crippen molar-refractivity contribution in [1.82, 2.24) is 0 Å². The third kappa shape index (κ3) is 7.40. The highest BCUT2D eigenvalue weighted by atomic mass is 19.1. The molecule has 230 valence electrons. The van der Waals surface area contributed by atoms with Crippen molar-refractivity contribution in [3.63, 3.8) is 0 Å². The number of carbonyl (C=O) groups excluding carboxylic acids is 5. The Kier molecular flexibility index (Phi) is 10.1. The molecule has 0 amide bonds. The van der Waals surface area contributed by atoms with Gasteiger partial charge in [0.25, 0.3) is 0 Å². The first-order valence-electron chi connectivity index (χ1n) is 13.1. The highest BCUT2D eigenvalue weighted by molar-refractivity contribution is 5.89. The quantitative estimate of drug-likeness (QED) is 0.289. The number of benzene rings is 1. The van der Waals surface area contributed by atoms with Crippen molar-refractivity contribution in [3.05, 3.63) is 35.9 Å². The van der Waals surface area contributed by atoms with Crippen LogP contribution in [0, 0.1) is 0 Å². The fourth-order valence-corrected chi connectivity index (χ4v) is 4.83. The minimum Gasteiger partial charge on any atom is -0.463 e. The summed E-state index contributed by atoms with van der Waals surface area (Å²) in [6, 6.07) is 7.89. The molecular formula is C27H31FO14. The second-order valence-corrected chi connectivity index (χ2v) is 9.72. The van der Waals surface area contributed by atoms with Gasteiger partial charge in [-0.25, -0.2) is 9.18 Å². The van der Waals surface area contributed by atoms with E-state index in [4.69, 9.17) is 42.6 Å². The summed E-state index contributed by atoms with van der Waals surface area (Å²) in [7, 11) is 0. The van der Waals surface area contributed by atoms with E-state index in [0.29, 0.717) is 0 Å². The summed E-state index contributed by atoms with van der Waals surface area (Å²) in [5.74, 6) is -4.04. The van der Waals surface area contributed by atoms with E-state index < -0.39 is 97.9 Å². The van der Waals surface area contributed by atoms with Gasteiger partial charge in [-0.1, -0.05) is 18.2 Å². The van der Waals surface area contributed by atoms with E-state index in [0.717, 1.165) is 27.7 Å². The van der Waals surface area contributed by atoms with Crippen LogP contribution in [-0.4, -0.2) is 105 Å². The zero-order valence-electron chi connectivity index (χ0n) is 23.2. The number of ether oxygens (including phenoxy) is 9. The zero-order chi connectivity index (χ0) is 30.6. The molecular weight excluding hydrogens is 567 g/mol. The second-order valence-electron chi connectivity index (χ2n) is 9.72. The van der Waals surface area contributed by atoms with Crippen molar-refractivity contribution < 1.29 is 71.0 Å². The maximum Gasteiger partial charge on any atom is 0.338 e. The number of rotatable bonds is 9. The van der Waals surface area contributed by atoms with Crippen LogP contribution in [0.5, 0.6) is 0 Å². The summed E-state index contributed by atoms with van der Waals surface area (Å²) in [5, 5.41) is 0. The number of alkyl halides is 1. The molecule has 10 atom stereocenters. The average molecular weight is 599 g/mol. The molecule has 3 aliphatic heterocycles. The Balaban J connectivity index is 1.62. The third-order valence-electron chi connectivity index (χ3n) is 6.49. The Morgan fingerprint density at radius 3 is 2.00 bits per heavy atom. The second kappa shape index (κ2) is 13.5. The Labute approximate surface area is 239 Å². The van der Waals surface area contributed by atoms with Gasteiger partial charge in [-0.15, -0.1) is 0 Å². The Morgan fingerprint density at radius 2 is 1.38 bits per heavy atom. The largest absolute Gasteiger partial charge is 0.463 e. The van der Waals surface area contributed by atoms with Gasteiger partial charge >= 0.3 is 29.8 Å². The van der Waals surface area contributed by atoms with Gasteiger partial charge in [0.15, 0.2) is 43.2 Å². The fourth-order valence-electron chi connectivity index (χ4n) is 4.83. The predicted octanol–water partition coefficient (Wildman–Crippen LogP) is 0.774. The van der Waals surface area contributed by atoms with Crippen LogP contribution in [0.25, 0.3) is 0 Å². The van der Waals surface area contributed by atoms with E-state index in [1.54, 1.807) is 18.2 Å². The molecule has 15 heteroatoms. The fraction of sp³-hybridized carbons (Fsp3) is 0.593. The standard InChI is InChI=1S/C27H31FO14/c1-12(29)34-10-18-21(36-13(2)30)23(37-14(3)31)24(38-15(4)32)27(40-18)42-20-17-11-35-26(39-17)22(19(20)28)41-25(33)16-8-6-5-7-9-16/h5-9,17-24,26-27H,10-11H2,1-4H3/t17-,18-,19+,20-,21+,22+,23+,24-,26-,27+/m1/s1. The van der Waals surface area contributed by atoms with Crippen LogP contribution in [0.3, 0.4) is 0 Å². The first kappa shape index (κ1) is 31.3. The summed E-state index contributed by atoms with van der Waals surface area (Å²) in [6.07, 6.45) is -14.8. The van der Waals surface area contributed by atoms with Crippen molar-refractivity contribution in [3.8, 4) is 0 Å². The smallest absolute Gasteiger partial charge is 0.338 e. The molecule has 3 saturated heterocycles. The number of hydrogen-bond donors (Lipinski definition) is 0.